The van der Waals surface area contributed by atoms with Crippen LogP contribution in [-0.2, 0) is 25.8 Å². The molecule has 6 nitrogen and oxygen atoms in total. The van der Waals surface area contributed by atoms with E-state index in [1.807, 2.05) is 24.3 Å². The van der Waals surface area contributed by atoms with E-state index in [1.54, 1.807) is 18.2 Å². The topological polar surface area (TPSA) is 75.7 Å². The van der Waals surface area contributed by atoms with Gasteiger partial charge in [0.2, 0.25) is 5.91 Å². The smallest absolute Gasteiger partial charge is 0.228 e. The van der Waals surface area contributed by atoms with Crippen LogP contribution in [-0.4, -0.2) is 46.9 Å². The van der Waals surface area contributed by atoms with Crippen LogP contribution in [0, 0.1) is 0 Å². The number of hydrogen-bond acceptors (Lipinski definition) is 5. The van der Waals surface area contributed by atoms with E-state index < -0.39 is 9.84 Å². The third-order valence-corrected chi connectivity index (χ3v) is 5.43. The number of rotatable bonds is 5. The molecule has 0 saturated carbocycles. The molecule has 1 saturated heterocycles. The Balaban J connectivity index is 1.71. The standard InChI is InChI=1S/C19H22N2O4S/c1-26(23,24)18-8-3-2-5-15(18)13-19(22)20-16-6-4-7-17(14-16)21-9-11-25-12-10-21/h2-8,14H,9-13H2,1H3,(H,20,22). The van der Waals surface area contributed by atoms with Gasteiger partial charge >= 0.3 is 0 Å². The van der Waals surface area contributed by atoms with Crippen LogP contribution in [0.15, 0.2) is 53.4 Å². The molecule has 0 spiro atoms. The van der Waals surface area contributed by atoms with Crippen LogP contribution in [0.1, 0.15) is 5.56 Å². The van der Waals surface area contributed by atoms with E-state index in [1.165, 1.54) is 6.07 Å². The van der Waals surface area contributed by atoms with Crippen LogP contribution in [0.4, 0.5) is 11.4 Å². The summed E-state index contributed by atoms with van der Waals surface area (Å²) in [6.45, 7) is 3.02. The van der Waals surface area contributed by atoms with Gasteiger partial charge in [-0.2, -0.15) is 0 Å². The molecule has 0 bridgehead atoms. The molecule has 0 aliphatic carbocycles. The molecule has 1 heterocycles. The number of anilines is 2. The van der Waals surface area contributed by atoms with Gasteiger partial charge in [0.15, 0.2) is 9.84 Å². The number of sulfone groups is 1. The van der Waals surface area contributed by atoms with Gasteiger partial charge in [0.05, 0.1) is 24.5 Å². The van der Waals surface area contributed by atoms with E-state index in [0.29, 0.717) is 24.5 Å². The van der Waals surface area contributed by atoms with Crippen molar-refractivity contribution < 1.29 is 17.9 Å². The van der Waals surface area contributed by atoms with Crippen molar-refractivity contribution in [3.8, 4) is 0 Å². The van der Waals surface area contributed by atoms with Gasteiger partial charge in [-0.1, -0.05) is 24.3 Å². The monoisotopic (exact) mass is 374 g/mol. The number of benzene rings is 2. The van der Waals surface area contributed by atoms with E-state index in [2.05, 4.69) is 10.2 Å². The molecular weight excluding hydrogens is 352 g/mol. The number of nitrogens with one attached hydrogen (secondary N) is 1. The normalized spacial score (nSPS) is 14.9. The molecule has 1 aliphatic heterocycles. The first kappa shape index (κ1) is 18.4. The van der Waals surface area contributed by atoms with Crippen molar-refractivity contribution in [3.63, 3.8) is 0 Å². The first-order valence-corrected chi connectivity index (χ1v) is 10.3. The lowest BCUT2D eigenvalue weighted by atomic mass is 10.1. The average molecular weight is 374 g/mol. The van der Waals surface area contributed by atoms with Gasteiger partial charge in [0, 0.05) is 30.7 Å². The fourth-order valence-corrected chi connectivity index (χ4v) is 3.93. The SMILES string of the molecule is CS(=O)(=O)c1ccccc1CC(=O)Nc1cccc(N2CCOCC2)c1. The number of amides is 1. The maximum Gasteiger partial charge on any atom is 0.228 e. The predicted molar refractivity (Wildman–Crippen MR) is 101 cm³/mol. The zero-order valence-electron chi connectivity index (χ0n) is 14.6. The van der Waals surface area contributed by atoms with Crippen molar-refractivity contribution in [1.29, 1.82) is 0 Å². The van der Waals surface area contributed by atoms with Crippen molar-refractivity contribution in [2.45, 2.75) is 11.3 Å². The quantitative estimate of drug-likeness (QED) is 0.867. The minimum atomic E-state index is -3.37. The van der Waals surface area contributed by atoms with Crippen molar-refractivity contribution >= 4 is 27.1 Å². The number of hydrogen-bond donors (Lipinski definition) is 1. The highest BCUT2D eigenvalue weighted by Crippen LogP contribution is 2.21. The summed E-state index contributed by atoms with van der Waals surface area (Å²) in [6, 6.07) is 14.2. The molecule has 1 amide bonds. The number of nitrogens with zero attached hydrogens (tertiary/aromatic N) is 1. The summed E-state index contributed by atoms with van der Waals surface area (Å²) >= 11 is 0. The molecule has 0 radical (unpaired) electrons. The molecule has 0 unspecified atom stereocenters. The summed E-state index contributed by atoms with van der Waals surface area (Å²) in [6.07, 6.45) is 1.15. The highest BCUT2D eigenvalue weighted by atomic mass is 32.2. The van der Waals surface area contributed by atoms with Crippen LogP contribution in [0.5, 0.6) is 0 Å². The minimum absolute atomic E-state index is 0.00499. The summed E-state index contributed by atoms with van der Waals surface area (Å²) in [5.41, 5.74) is 2.22. The number of carbonyl (C=O) groups excluding carboxylic acids is 1. The second kappa shape index (κ2) is 7.88. The van der Waals surface area contributed by atoms with Gasteiger partial charge in [-0.15, -0.1) is 0 Å². The molecule has 2 aromatic rings. The summed E-state index contributed by atoms with van der Waals surface area (Å²) < 4.78 is 29.1. The van der Waals surface area contributed by atoms with E-state index in [-0.39, 0.29) is 17.2 Å². The predicted octanol–water partition coefficient (Wildman–Crippen LogP) is 2.11. The second-order valence-electron chi connectivity index (χ2n) is 6.25. The van der Waals surface area contributed by atoms with Crippen LogP contribution in [0.25, 0.3) is 0 Å². The van der Waals surface area contributed by atoms with E-state index >= 15 is 0 Å². The number of ether oxygens (including phenoxy) is 1. The van der Waals surface area contributed by atoms with Gasteiger partial charge in [-0.05, 0) is 29.8 Å². The summed E-state index contributed by atoms with van der Waals surface area (Å²) in [7, 11) is -3.37. The van der Waals surface area contributed by atoms with Gasteiger partial charge in [0.25, 0.3) is 0 Å². The van der Waals surface area contributed by atoms with E-state index in [4.69, 9.17) is 4.74 Å². The molecule has 0 atom stereocenters. The van der Waals surface area contributed by atoms with E-state index in [9.17, 15) is 13.2 Å². The average Bonchev–Trinajstić information content (AvgIpc) is 2.62. The lowest BCUT2D eigenvalue weighted by molar-refractivity contribution is -0.115. The Kier molecular flexibility index (Phi) is 5.58. The van der Waals surface area contributed by atoms with Crippen LogP contribution in [0.2, 0.25) is 0 Å². The summed E-state index contributed by atoms with van der Waals surface area (Å²) in [4.78, 5) is 14.8. The second-order valence-corrected chi connectivity index (χ2v) is 8.24. The molecule has 7 heteroatoms. The highest BCUT2D eigenvalue weighted by molar-refractivity contribution is 7.90. The number of morpholine rings is 1. The number of carbonyl (C=O) groups is 1. The van der Waals surface area contributed by atoms with Crippen LogP contribution >= 0.6 is 0 Å². The zero-order chi connectivity index (χ0) is 18.6. The summed E-state index contributed by atoms with van der Waals surface area (Å²) in [5.74, 6) is -0.250. The molecular formula is C19H22N2O4S. The highest BCUT2D eigenvalue weighted by Gasteiger charge is 2.16. The Morgan fingerprint density at radius 1 is 1.12 bits per heavy atom. The van der Waals surface area contributed by atoms with Gasteiger partial charge in [0.1, 0.15) is 0 Å². The third-order valence-electron chi connectivity index (χ3n) is 4.23. The fourth-order valence-electron chi connectivity index (χ4n) is 2.99. The van der Waals surface area contributed by atoms with Crippen molar-refractivity contribution in [2.24, 2.45) is 0 Å². The Bertz CT molecular complexity index is 890. The molecule has 1 aliphatic rings. The molecule has 2 aromatic carbocycles. The molecule has 3 rings (SSSR count). The molecule has 26 heavy (non-hydrogen) atoms. The van der Waals surface area contributed by atoms with Crippen molar-refractivity contribution in [2.75, 3.05) is 42.8 Å². The Morgan fingerprint density at radius 3 is 2.58 bits per heavy atom. The van der Waals surface area contributed by atoms with Gasteiger partial charge < -0.3 is 15.0 Å². The Morgan fingerprint density at radius 2 is 1.85 bits per heavy atom. The largest absolute Gasteiger partial charge is 0.378 e. The lowest BCUT2D eigenvalue weighted by Gasteiger charge is -2.29. The van der Waals surface area contributed by atoms with Crippen LogP contribution in [0.3, 0.4) is 0 Å². The first-order valence-electron chi connectivity index (χ1n) is 8.44. The molecule has 0 aromatic heterocycles. The maximum atomic E-state index is 12.4. The molecule has 138 valence electrons. The van der Waals surface area contributed by atoms with Crippen molar-refractivity contribution in [3.05, 3.63) is 54.1 Å². The van der Waals surface area contributed by atoms with Gasteiger partial charge in [-0.3, -0.25) is 4.79 Å². The van der Waals surface area contributed by atoms with Gasteiger partial charge in [-0.25, -0.2) is 8.42 Å². The lowest BCUT2D eigenvalue weighted by Crippen LogP contribution is -2.36. The maximum absolute atomic E-state index is 12.4. The minimum Gasteiger partial charge on any atom is -0.378 e. The first-order chi connectivity index (χ1) is 12.4. The molecule has 1 N–H and O–H groups in total. The summed E-state index contributed by atoms with van der Waals surface area (Å²) in [5, 5.41) is 2.86. The van der Waals surface area contributed by atoms with E-state index in [0.717, 1.165) is 25.0 Å². The van der Waals surface area contributed by atoms with Crippen LogP contribution < -0.4 is 10.2 Å². The fraction of sp³-hybridized carbons (Fsp3) is 0.316. The Hall–Kier alpha value is -2.38. The zero-order valence-corrected chi connectivity index (χ0v) is 15.5. The third kappa shape index (κ3) is 4.62. The Labute approximate surface area is 153 Å². The molecule has 1 fully saturated rings. The van der Waals surface area contributed by atoms with Crippen molar-refractivity contribution in [1.82, 2.24) is 0 Å².